The summed E-state index contributed by atoms with van der Waals surface area (Å²) in [5, 5.41) is 0. The van der Waals surface area contributed by atoms with E-state index in [9.17, 15) is 4.79 Å². The van der Waals surface area contributed by atoms with Gasteiger partial charge in [0, 0.05) is 18.9 Å². The zero-order valence-corrected chi connectivity index (χ0v) is 13.1. The lowest BCUT2D eigenvalue weighted by molar-refractivity contribution is -0.131. The predicted molar refractivity (Wildman–Crippen MR) is 80.7 cm³/mol. The van der Waals surface area contributed by atoms with Crippen LogP contribution in [0.5, 0.6) is 0 Å². The SMILES string of the molecule is CCCn1ccnc1CC(=O)C1(N(C)C)CCCCC1. The summed E-state index contributed by atoms with van der Waals surface area (Å²) in [6, 6.07) is 0. The topological polar surface area (TPSA) is 38.1 Å². The smallest absolute Gasteiger partial charge is 0.160 e. The van der Waals surface area contributed by atoms with E-state index in [1.807, 2.05) is 26.5 Å². The van der Waals surface area contributed by atoms with Crippen molar-refractivity contribution >= 4 is 5.78 Å². The highest BCUT2D eigenvalue weighted by molar-refractivity contribution is 5.89. The Morgan fingerprint density at radius 1 is 1.35 bits per heavy atom. The molecule has 0 unspecified atom stereocenters. The van der Waals surface area contributed by atoms with E-state index >= 15 is 0 Å². The predicted octanol–water partition coefficient (Wildman–Crippen LogP) is 2.67. The fraction of sp³-hybridized carbons (Fsp3) is 0.750. The van der Waals surface area contributed by atoms with Gasteiger partial charge in [0.2, 0.25) is 0 Å². The lowest BCUT2D eigenvalue weighted by atomic mass is 9.76. The highest BCUT2D eigenvalue weighted by Crippen LogP contribution is 2.33. The van der Waals surface area contributed by atoms with Crippen molar-refractivity contribution in [2.75, 3.05) is 14.1 Å². The fourth-order valence-electron chi connectivity index (χ4n) is 3.37. The third-order valence-corrected chi connectivity index (χ3v) is 4.64. The van der Waals surface area contributed by atoms with Crippen molar-refractivity contribution in [3.8, 4) is 0 Å². The molecule has 0 saturated heterocycles. The van der Waals surface area contributed by atoms with E-state index in [2.05, 4.69) is 21.4 Å². The Bertz CT molecular complexity index is 444. The molecule has 4 nitrogen and oxygen atoms in total. The van der Waals surface area contributed by atoms with Gasteiger partial charge in [0.25, 0.3) is 0 Å². The van der Waals surface area contributed by atoms with Gasteiger partial charge in [0.1, 0.15) is 5.82 Å². The molecule has 0 bridgehead atoms. The third-order valence-electron chi connectivity index (χ3n) is 4.64. The fourth-order valence-corrected chi connectivity index (χ4v) is 3.37. The third kappa shape index (κ3) is 2.95. The molecule has 0 spiro atoms. The van der Waals surface area contributed by atoms with Crippen LogP contribution < -0.4 is 0 Å². The number of carbonyl (C=O) groups excluding carboxylic acids is 1. The second-order valence-corrected chi connectivity index (χ2v) is 6.12. The van der Waals surface area contributed by atoms with Crippen LogP contribution in [0.15, 0.2) is 12.4 Å². The summed E-state index contributed by atoms with van der Waals surface area (Å²) in [6.07, 6.45) is 10.9. The van der Waals surface area contributed by atoms with Crippen LogP contribution in [0.4, 0.5) is 0 Å². The van der Waals surface area contributed by atoms with E-state index in [0.717, 1.165) is 44.5 Å². The quantitative estimate of drug-likeness (QED) is 0.802. The highest BCUT2D eigenvalue weighted by Gasteiger charge is 2.41. The number of aromatic nitrogens is 2. The average Bonchev–Trinajstić information content (AvgIpc) is 2.87. The first-order valence-electron chi connectivity index (χ1n) is 7.81. The van der Waals surface area contributed by atoms with Gasteiger partial charge in [-0.1, -0.05) is 26.2 Å². The number of nitrogens with zero attached hydrogens (tertiary/aromatic N) is 3. The molecule has 112 valence electrons. The van der Waals surface area contributed by atoms with Crippen molar-refractivity contribution in [1.82, 2.24) is 14.5 Å². The first-order valence-corrected chi connectivity index (χ1v) is 7.81. The lowest BCUT2D eigenvalue weighted by Crippen LogP contribution is -2.53. The van der Waals surface area contributed by atoms with Gasteiger partial charge in [-0.3, -0.25) is 9.69 Å². The van der Waals surface area contributed by atoms with Gasteiger partial charge in [0.05, 0.1) is 12.0 Å². The Balaban J connectivity index is 2.14. The molecule has 0 aliphatic heterocycles. The molecule has 1 aliphatic carbocycles. The van der Waals surface area contributed by atoms with E-state index in [1.165, 1.54) is 6.42 Å². The number of likely N-dealkylation sites (N-methyl/N-ethyl adjacent to an activating group) is 1. The maximum Gasteiger partial charge on any atom is 0.160 e. The Kier molecular flexibility index (Phi) is 4.97. The van der Waals surface area contributed by atoms with E-state index in [4.69, 9.17) is 0 Å². The van der Waals surface area contributed by atoms with Gasteiger partial charge in [0.15, 0.2) is 5.78 Å². The molecule has 0 N–H and O–H groups in total. The van der Waals surface area contributed by atoms with Gasteiger partial charge in [-0.2, -0.15) is 0 Å². The molecule has 1 aromatic rings. The second kappa shape index (κ2) is 6.53. The molecule has 1 fully saturated rings. The Morgan fingerprint density at radius 3 is 2.65 bits per heavy atom. The zero-order valence-electron chi connectivity index (χ0n) is 13.1. The van der Waals surface area contributed by atoms with Gasteiger partial charge >= 0.3 is 0 Å². The first-order chi connectivity index (χ1) is 9.60. The minimum Gasteiger partial charge on any atom is -0.335 e. The van der Waals surface area contributed by atoms with Crippen LogP contribution in [0.25, 0.3) is 0 Å². The lowest BCUT2D eigenvalue weighted by Gasteiger charge is -2.41. The van der Waals surface area contributed by atoms with Crippen molar-refractivity contribution in [3.05, 3.63) is 18.2 Å². The van der Waals surface area contributed by atoms with E-state index in [1.54, 1.807) is 0 Å². The zero-order chi connectivity index (χ0) is 14.6. The minimum atomic E-state index is -0.263. The average molecular weight is 277 g/mol. The Labute approximate surface area is 122 Å². The number of imidazole rings is 1. The van der Waals surface area contributed by atoms with Crippen molar-refractivity contribution in [3.63, 3.8) is 0 Å². The molecular formula is C16H27N3O. The van der Waals surface area contributed by atoms with Crippen LogP contribution in [0.2, 0.25) is 0 Å². The van der Waals surface area contributed by atoms with E-state index in [-0.39, 0.29) is 5.54 Å². The van der Waals surface area contributed by atoms with Crippen molar-refractivity contribution < 1.29 is 4.79 Å². The molecule has 20 heavy (non-hydrogen) atoms. The van der Waals surface area contributed by atoms with Crippen LogP contribution in [-0.4, -0.2) is 39.9 Å². The molecule has 4 heteroatoms. The molecule has 1 heterocycles. The number of ketones is 1. The molecular weight excluding hydrogens is 250 g/mol. The van der Waals surface area contributed by atoms with Gasteiger partial charge < -0.3 is 4.57 Å². The number of carbonyl (C=O) groups is 1. The van der Waals surface area contributed by atoms with E-state index in [0.29, 0.717) is 12.2 Å². The molecule has 1 aromatic heterocycles. The summed E-state index contributed by atoms with van der Waals surface area (Å²) in [5.74, 6) is 1.26. The largest absolute Gasteiger partial charge is 0.335 e. The standard InChI is InChI=1S/C16H27N3O/c1-4-11-19-12-10-17-15(19)13-14(20)16(18(2)3)8-6-5-7-9-16/h10,12H,4-9,11,13H2,1-3H3. The molecule has 1 aliphatic rings. The molecule has 0 aromatic carbocycles. The normalized spacial score (nSPS) is 18.4. The second-order valence-electron chi connectivity index (χ2n) is 6.12. The number of hydrogen-bond donors (Lipinski definition) is 0. The summed E-state index contributed by atoms with van der Waals surface area (Å²) in [6.45, 7) is 3.09. The highest BCUT2D eigenvalue weighted by atomic mass is 16.1. The molecule has 0 atom stereocenters. The van der Waals surface area contributed by atoms with Crippen LogP contribution in [-0.2, 0) is 17.8 Å². The van der Waals surface area contributed by atoms with Gasteiger partial charge in [-0.25, -0.2) is 4.98 Å². The summed E-state index contributed by atoms with van der Waals surface area (Å²) in [7, 11) is 4.09. The van der Waals surface area contributed by atoms with Crippen LogP contribution in [0.1, 0.15) is 51.3 Å². The van der Waals surface area contributed by atoms with Gasteiger partial charge in [-0.15, -0.1) is 0 Å². The number of aryl methyl sites for hydroxylation is 1. The van der Waals surface area contributed by atoms with Crippen LogP contribution >= 0.6 is 0 Å². The molecule has 0 amide bonds. The Morgan fingerprint density at radius 2 is 2.05 bits per heavy atom. The maximum atomic E-state index is 12.9. The molecule has 0 radical (unpaired) electrons. The Hall–Kier alpha value is -1.16. The minimum absolute atomic E-state index is 0.263. The first kappa shape index (κ1) is 15.2. The summed E-state index contributed by atoms with van der Waals surface area (Å²) in [4.78, 5) is 19.4. The summed E-state index contributed by atoms with van der Waals surface area (Å²) in [5.41, 5.74) is -0.263. The van der Waals surface area contributed by atoms with Crippen molar-refractivity contribution in [1.29, 1.82) is 0 Å². The van der Waals surface area contributed by atoms with Gasteiger partial charge in [-0.05, 0) is 33.4 Å². The number of rotatable bonds is 6. The number of hydrogen-bond acceptors (Lipinski definition) is 3. The summed E-state index contributed by atoms with van der Waals surface area (Å²) >= 11 is 0. The summed E-state index contributed by atoms with van der Waals surface area (Å²) < 4.78 is 2.12. The number of Topliss-reactive ketones (excluding diaryl/α,β-unsaturated/α-hetero) is 1. The van der Waals surface area contributed by atoms with Crippen LogP contribution in [0.3, 0.4) is 0 Å². The van der Waals surface area contributed by atoms with E-state index < -0.39 is 0 Å². The van der Waals surface area contributed by atoms with Crippen molar-refractivity contribution in [2.45, 2.75) is 64.0 Å². The maximum absolute atomic E-state index is 12.9. The van der Waals surface area contributed by atoms with Crippen molar-refractivity contribution in [2.24, 2.45) is 0 Å². The molecule has 2 rings (SSSR count). The van der Waals surface area contributed by atoms with Crippen LogP contribution in [0, 0.1) is 0 Å². The molecule has 1 saturated carbocycles. The monoisotopic (exact) mass is 277 g/mol.